The van der Waals surface area contributed by atoms with Gasteiger partial charge < -0.3 is 15.2 Å². The van der Waals surface area contributed by atoms with E-state index < -0.39 is 22.5 Å². The maximum Gasteiger partial charge on any atom is 0.288 e. The molecule has 0 aliphatic carbocycles. The SMILES string of the molecule is O=C([O-])c1cccc(NC(=O)c2ccc(Cl)c([N+](=O)[O-])c2)c1. The lowest BCUT2D eigenvalue weighted by atomic mass is 10.1. The number of nitrogens with one attached hydrogen (secondary N) is 1. The highest BCUT2D eigenvalue weighted by Gasteiger charge is 2.16. The Kier molecular flexibility index (Phi) is 4.38. The van der Waals surface area contributed by atoms with E-state index in [4.69, 9.17) is 11.6 Å². The zero-order chi connectivity index (χ0) is 16.3. The van der Waals surface area contributed by atoms with Crippen molar-refractivity contribution in [2.75, 3.05) is 5.32 Å². The number of carboxylic acid groups (broad SMARTS) is 1. The Morgan fingerprint density at radius 1 is 1.09 bits per heavy atom. The molecule has 1 amide bonds. The first kappa shape index (κ1) is 15.5. The van der Waals surface area contributed by atoms with E-state index in [2.05, 4.69) is 5.32 Å². The zero-order valence-corrected chi connectivity index (χ0v) is 11.7. The molecule has 0 spiro atoms. The van der Waals surface area contributed by atoms with Crippen LogP contribution in [0.15, 0.2) is 42.5 Å². The molecule has 8 heteroatoms. The molecule has 0 bridgehead atoms. The number of rotatable bonds is 4. The number of nitro groups is 1. The van der Waals surface area contributed by atoms with Crippen molar-refractivity contribution in [3.63, 3.8) is 0 Å². The number of nitro benzene ring substituents is 1. The first-order valence-corrected chi connectivity index (χ1v) is 6.33. The third-order valence-electron chi connectivity index (χ3n) is 2.76. The fourth-order valence-corrected chi connectivity index (χ4v) is 1.91. The van der Waals surface area contributed by atoms with Gasteiger partial charge in [-0.3, -0.25) is 14.9 Å². The van der Waals surface area contributed by atoms with Gasteiger partial charge in [-0.2, -0.15) is 0 Å². The van der Waals surface area contributed by atoms with E-state index in [-0.39, 0.29) is 21.8 Å². The summed E-state index contributed by atoms with van der Waals surface area (Å²) in [5.41, 5.74) is -0.239. The molecule has 0 aliphatic rings. The van der Waals surface area contributed by atoms with E-state index in [1.165, 1.54) is 36.4 Å². The number of hydrogen-bond acceptors (Lipinski definition) is 5. The Hall–Kier alpha value is -2.93. The molecule has 112 valence electrons. The smallest absolute Gasteiger partial charge is 0.288 e. The monoisotopic (exact) mass is 319 g/mol. The van der Waals surface area contributed by atoms with E-state index in [0.717, 1.165) is 6.07 Å². The third kappa shape index (κ3) is 3.39. The van der Waals surface area contributed by atoms with E-state index in [0.29, 0.717) is 0 Å². The van der Waals surface area contributed by atoms with Crippen LogP contribution in [0.2, 0.25) is 5.02 Å². The largest absolute Gasteiger partial charge is 0.545 e. The van der Waals surface area contributed by atoms with Crippen LogP contribution < -0.4 is 10.4 Å². The fraction of sp³-hybridized carbons (Fsp3) is 0. The van der Waals surface area contributed by atoms with Crippen molar-refractivity contribution in [2.24, 2.45) is 0 Å². The average Bonchev–Trinajstić information content (AvgIpc) is 2.47. The normalized spacial score (nSPS) is 10.0. The van der Waals surface area contributed by atoms with Crippen LogP contribution in [0, 0.1) is 10.1 Å². The number of carboxylic acids is 1. The quantitative estimate of drug-likeness (QED) is 0.682. The standard InChI is InChI=1S/C14H9ClN2O5/c15-11-5-4-8(7-12(11)17(21)22)13(18)16-10-3-1-2-9(6-10)14(19)20/h1-7H,(H,16,18)(H,19,20)/p-1. The van der Waals surface area contributed by atoms with Gasteiger partial charge in [0.15, 0.2) is 0 Å². The lowest BCUT2D eigenvalue weighted by molar-refractivity contribution is -0.384. The Morgan fingerprint density at radius 2 is 1.82 bits per heavy atom. The second kappa shape index (κ2) is 6.23. The fourth-order valence-electron chi connectivity index (χ4n) is 1.72. The Balaban J connectivity index is 2.26. The predicted octanol–water partition coefficient (Wildman–Crippen LogP) is 1.86. The molecule has 0 saturated heterocycles. The van der Waals surface area contributed by atoms with Gasteiger partial charge in [-0.05, 0) is 29.8 Å². The lowest BCUT2D eigenvalue weighted by Gasteiger charge is -2.08. The summed E-state index contributed by atoms with van der Waals surface area (Å²) in [6.45, 7) is 0. The summed E-state index contributed by atoms with van der Waals surface area (Å²) in [7, 11) is 0. The average molecular weight is 320 g/mol. The van der Waals surface area contributed by atoms with Gasteiger partial charge in [-0.15, -0.1) is 0 Å². The van der Waals surface area contributed by atoms with Crippen LogP contribution in [0.25, 0.3) is 0 Å². The second-order valence-electron chi connectivity index (χ2n) is 4.25. The van der Waals surface area contributed by atoms with Gasteiger partial charge in [0.2, 0.25) is 0 Å². The van der Waals surface area contributed by atoms with E-state index in [1.807, 2.05) is 0 Å². The molecule has 2 rings (SSSR count). The molecular formula is C14H8ClN2O5-. The first-order valence-electron chi connectivity index (χ1n) is 5.95. The molecule has 0 fully saturated rings. The number of amides is 1. The zero-order valence-electron chi connectivity index (χ0n) is 10.9. The van der Waals surface area contributed by atoms with Crippen molar-refractivity contribution < 1.29 is 19.6 Å². The van der Waals surface area contributed by atoms with Crippen LogP contribution in [0.4, 0.5) is 11.4 Å². The van der Waals surface area contributed by atoms with Crippen molar-refractivity contribution in [1.82, 2.24) is 0 Å². The van der Waals surface area contributed by atoms with Gasteiger partial charge in [-0.25, -0.2) is 0 Å². The number of nitrogens with zero attached hydrogens (tertiary/aromatic N) is 1. The van der Waals surface area contributed by atoms with Crippen LogP contribution >= 0.6 is 11.6 Å². The molecule has 0 atom stereocenters. The topological polar surface area (TPSA) is 112 Å². The van der Waals surface area contributed by atoms with E-state index in [1.54, 1.807) is 0 Å². The van der Waals surface area contributed by atoms with E-state index in [9.17, 15) is 24.8 Å². The molecule has 1 N–H and O–H groups in total. The minimum atomic E-state index is -1.38. The molecule has 2 aromatic rings. The molecule has 0 saturated carbocycles. The van der Waals surface area contributed by atoms with Crippen molar-refractivity contribution in [3.05, 3.63) is 68.7 Å². The number of carbonyl (C=O) groups excluding carboxylic acids is 2. The van der Waals surface area contributed by atoms with Gasteiger partial charge in [0.1, 0.15) is 5.02 Å². The van der Waals surface area contributed by atoms with Crippen LogP contribution in [0.5, 0.6) is 0 Å². The van der Waals surface area contributed by atoms with Crippen LogP contribution in [-0.2, 0) is 0 Å². The number of benzene rings is 2. The second-order valence-corrected chi connectivity index (χ2v) is 4.65. The summed E-state index contributed by atoms with van der Waals surface area (Å²) in [5, 5.41) is 23.9. The molecule has 0 aromatic heterocycles. The molecular weight excluding hydrogens is 312 g/mol. The van der Waals surface area contributed by atoms with Crippen molar-refractivity contribution in [1.29, 1.82) is 0 Å². The lowest BCUT2D eigenvalue weighted by Crippen LogP contribution is -2.22. The summed E-state index contributed by atoms with van der Waals surface area (Å²) in [4.78, 5) is 32.9. The summed E-state index contributed by atoms with van der Waals surface area (Å²) in [6.07, 6.45) is 0. The highest BCUT2D eigenvalue weighted by Crippen LogP contribution is 2.25. The van der Waals surface area contributed by atoms with Crippen molar-refractivity contribution >= 4 is 34.9 Å². The summed E-state index contributed by atoms with van der Waals surface area (Å²) in [6, 6.07) is 9.06. The van der Waals surface area contributed by atoms with Crippen LogP contribution in [-0.4, -0.2) is 16.8 Å². The Bertz CT molecular complexity index is 776. The third-order valence-corrected chi connectivity index (χ3v) is 3.08. The van der Waals surface area contributed by atoms with Gasteiger partial charge in [0, 0.05) is 17.3 Å². The molecule has 0 aliphatic heterocycles. The molecule has 7 nitrogen and oxygen atoms in total. The minimum Gasteiger partial charge on any atom is -0.545 e. The summed E-state index contributed by atoms with van der Waals surface area (Å²) < 4.78 is 0. The van der Waals surface area contributed by atoms with Gasteiger partial charge in [0.25, 0.3) is 11.6 Å². The molecule has 0 heterocycles. The number of carbonyl (C=O) groups is 2. The number of hydrogen-bond donors (Lipinski definition) is 1. The van der Waals surface area contributed by atoms with Gasteiger partial charge in [0.05, 0.1) is 10.9 Å². The highest BCUT2D eigenvalue weighted by molar-refractivity contribution is 6.32. The molecule has 0 unspecified atom stereocenters. The van der Waals surface area contributed by atoms with Gasteiger partial charge >= 0.3 is 0 Å². The number of aromatic carboxylic acids is 1. The predicted molar refractivity (Wildman–Crippen MR) is 76.8 cm³/mol. The molecule has 22 heavy (non-hydrogen) atoms. The van der Waals surface area contributed by atoms with E-state index >= 15 is 0 Å². The molecule has 2 aromatic carbocycles. The van der Waals surface area contributed by atoms with Gasteiger partial charge in [-0.1, -0.05) is 23.7 Å². The Labute approximate surface area is 129 Å². The number of halogens is 1. The highest BCUT2D eigenvalue weighted by atomic mass is 35.5. The maximum atomic E-state index is 12.0. The van der Waals surface area contributed by atoms with Crippen LogP contribution in [0.3, 0.4) is 0 Å². The van der Waals surface area contributed by atoms with Crippen LogP contribution in [0.1, 0.15) is 20.7 Å². The Morgan fingerprint density at radius 3 is 2.45 bits per heavy atom. The summed E-state index contributed by atoms with van der Waals surface area (Å²) in [5.74, 6) is -2.01. The number of anilines is 1. The molecule has 0 radical (unpaired) electrons. The summed E-state index contributed by atoms with van der Waals surface area (Å²) >= 11 is 5.67. The van der Waals surface area contributed by atoms with Crippen molar-refractivity contribution in [3.8, 4) is 0 Å². The minimum absolute atomic E-state index is 0.0231. The van der Waals surface area contributed by atoms with Crippen molar-refractivity contribution in [2.45, 2.75) is 0 Å². The first-order chi connectivity index (χ1) is 10.4. The maximum absolute atomic E-state index is 12.0.